The third-order valence-corrected chi connectivity index (χ3v) is 2.86. The predicted octanol–water partition coefficient (Wildman–Crippen LogP) is 4.01. The highest BCUT2D eigenvalue weighted by atomic mass is 19.1. The molecule has 2 aromatic carbocycles. The van der Waals surface area contributed by atoms with Crippen molar-refractivity contribution in [2.45, 2.75) is 6.92 Å². The molecular formula is C18H16FNO4. The molecule has 1 N–H and O–H groups in total. The van der Waals surface area contributed by atoms with Crippen molar-refractivity contribution in [1.29, 1.82) is 0 Å². The third kappa shape index (κ3) is 5.57. The van der Waals surface area contributed by atoms with Crippen LogP contribution < -0.4 is 10.1 Å². The maximum Gasteiger partial charge on any atom is 0.411 e. The summed E-state index contributed by atoms with van der Waals surface area (Å²) < 4.78 is 22.9. The number of hydrogen-bond donors (Lipinski definition) is 1. The van der Waals surface area contributed by atoms with Gasteiger partial charge in [0.1, 0.15) is 11.6 Å². The molecule has 0 saturated carbocycles. The van der Waals surface area contributed by atoms with Crippen molar-refractivity contribution in [2.24, 2.45) is 0 Å². The molecule has 2 aromatic rings. The van der Waals surface area contributed by atoms with Crippen LogP contribution >= 0.6 is 0 Å². The fourth-order valence-electron chi connectivity index (χ4n) is 1.82. The number of hydrogen-bond acceptors (Lipinski definition) is 4. The molecular weight excluding hydrogens is 313 g/mol. The Bertz CT molecular complexity index is 741. The minimum absolute atomic E-state index is 0.277. The van der Waals surface area contributed by atoms with E-state index in [-0.39, 0.29) is 12.4 Å². The fourth-order valence-corrected chi connectivity index (χ4v) is 1.82. The summed E-state index contributed by atoms with van der Waals surface area (Å²) in [5.41, 5.74) is 1.07. The zero-order valence-corrected chi connectivity index (χ0v) is 13.0. The van der Waals surface area contributed by atoms with Gasteiger partial charge in [-0.3, -0.25) is 5.32 Å². The summed E-state index contributed by atoms with van der Waals surface area (Å²) in [6.07, 6.45) is 2.11. The van der Waals surface area contributed by atoms with E-state index in [1.54, 1.807) is 31.2 Å². The van der Waals surface area contributed by atoms with Crippen LogP contribution in [0.5, 0.6) is 5.75 Å². The van der Waals surface area contributed by atoms with E-state index in [1.165, 1.54) is 36.4 Å². The zero-order valence-electron chi connectivity index (χ0n) is 13.0. The van der Waals surface area contributed by atoms with Gasteiger partial charge >= 0.3 is 12.1 Å². The molecule has 0 bridgehead atoms. The van der Waals surface area contributed by atoms with Crippen LogP contribution in [0.25, 0.3) is 6.08 Å². The van der Waals surface area contributed by atoms with E-state index >= 15 is 0 Å². The number of carbonyl (C=O) groups excluding carboxylic acids is 2. The molecule has 6 heteroatoms. The topological polar surface area (TPSA) is 64.6 Å². The predicted molar refractivity (Wildman–Crippen MR) is 88.2 cm³/mol. The Morgan fingerprint density at radius 1 is 1.17 bits per heavy atom. The Labute approximate surface area is 138 Å². The van der Waals surface area contributed by atoms with Crippen molar-refractivity contribution in [3.8, 4) is 5.75 Å². The Morgan fingerprint density at radius 2 is 1.92 bits per heavy atom. The molecule has 24 heavy (non-hydrogen) atoms. The van der Waals surface area contributed by atoms with Crippen molar-refractivity contribution in [2.75, 3.05) is 11.9 Å². The van der Waals surface area contributed by atoms with Crippen LogP contribution in [-0.2, 0) is 9.53 Å². The number of benzene rings is 2. The first-order valence-corrected chi connectivity index (χ1v) is 7.26. The maximum atomic E-state index is 13.0. The van der Waals surface area contributed by atoms with E-state index in [4.69, 9.17) is 9.47 Å². The van der Waals surface area contributed by atoms with Crippen molar-refractivity contribution in [1.82, 2.24) is 0 Å². The van der Waals surface area contributed by atoms with Crippen LogP contribution in [0.1, 0.15) is 12.5 Å². The number of halogens is 1. The first kappa shape index (κ1) is 17.2. The molecule has 0 aliphatic rings. The zero-order chi connectivity index (χ0) is 17.4. The molecule has 0 radical (unpaired) electrons. The smallest absolute Gasteiger partial charge is 0.411 e. The molecule has 5 nitrogen and oxygen atoms in total. The second-order valence-electron chi connectivity index (χ2n) is 4.68. The lowest BCUT2D eigenvalue weighted by molar-refractivity contribution is -0.128. The standard InChI is InChI=1S/C18H16FNO4/c1-2-23-18(22)20-15-7-9-16(10-8-15)24-17(21)11-6-13-4-3-5-14(19)12-13/h3-12H,2H2,1H3,(H,20,22). The summed E-state index contributed by atoms with van der Waals surface area (Å²) in [6, 6.07) is 12.1. The van der Waals surface area contributed by atoms with Gasteiger partial charge in [-0.05, 0) is 55.0 Å². The number of anilines is 1. The molecule has 0 spiro atoms. The summed E-state index contributed by atoms with van der Waals surface area (Å²) in [6.45, 7) is 1.98. The Morgan fingerprint density at radius 3 is 2.58 bits per heavy atom. The Balaban J connectivity index is 1.91. The highest BCUT2D eigenvalue weighted by Crippen LogP contribution is 2.16. The van der Waals surface area contributed by atoms with Crippen molar-refractivity contribution in [3.63, 3.8) is 0 Å². The monoisotopic (exact) mass is 329 g/mol. The van der Waals surface area contributed by atoms with Gasteiger partial charge in [-0.1, -0.05) is 12.1 Å². The van der Waals surface area contributed by atoms with Crippen molar-refractivity contribution in [3.05, 3.63) is 66.0 Å². The number of carbonyl (C=O) groups is 2. The van der Waals surface area contributed by atoms with Gasteiger partial charge in [-0.25, -0.2) is 14.0 Å². The first-order valence-electron chi connectivity index (χ1n) is 7.26. The molecule has 0 heterocycles. The van der Waals surface area contributed by atoms with Gasteiger partial charge in [-0.2, -0.15) is 0 Å². The Kier molecular flexibility index (Phi) is 6.08. The average Bonchev–Trinajstić information content (AvgIpc) is 2.55. The van der Waals surface area contributed by atoms with E-state index < -0.39 is 12.1 Å². The molecule has 2 rings (SSSR count). The van der Waals surface area contributed by atoms with E-state index in [2.05, 4.69) is 5.32 Å². The van der Waals surface area contributed by atoms with Gasteiger partial charge < -0.3 is 9.47 Å². The largest absolute Gasteiger partial charge is 0.450 e. The number of ether oxygens (including phenoxy) is 2. The summed E-state index contributed by atoms with van der Waals surface area (Å²) in [7, 11) is 0. The number of esters is 1. The third-order valence-electron chi connectivity index (χ3n) is 2.86. The second-order valence-corrected chi connectivity index (χ2v) is 4.68. The van der Waals surface area contributed by atoms with Crippen molar-refractivity contribution >= 4 is 23.8 Å². The minimum Gasteiger partial charge on any atom is -0.450 e. The lowest BCUT2D eigenvalue weighted by Crippen LogP contribution is -2.13. The summed E-state index contributed by atoms with van der Waals surface area (Å²) >= 11 is 0. The van der Waals surface area contributed by atoms with Gasteiger partial charge in [0, 0.05) is 11.8 Å². The van der Waals surface area contributed by atoms with E-state index in [1.807, 2.05) is 0 Å². The summed E-state index contributed by atoms with van der Waals surface area (Å²) in [5, 5.41) is 2.52. The number of nitrogens with one attached hydrogen (secondary N) is 1. The minimum atomic E-state index is -0.592. The van der Waals surface area contributed by atoms with Crippen LogP contribution in [0.2, 0.25) is 0 Å². The molecule has 0 atom stereocenters. The van der Waals surface area contributed by atoms with E-state index in [0.717, 1.165) is 0 Å². The molecule has 0 saturated heterocycles. The van der Waals surface area contributed by atoms with Gasteiger partial charge in [0.05, 0.1) is 6.61 Å². The number of amides is 1. The van der Waals surface area contributed by atoms with Gasteiger partial charge in [0.25, 0.3) is 0 Å². The Hall–Kier alpha value is -3.15. The average molecular weight is 329 g/mol. The second kappa shape index (κ2) is 8.47. The van der Waals surface area contributed by atoms with Gasteiger partial charge in [0.15, 0.2) is 0 Å². The van der Waals surface area contributed by atoms with Crippen molar-refractivity contribution < 1.29 is 23.5 Å². The van der Waals surface area contributed by atoms with Crippen LogP contribution in [0, 0.1) is 5.82 Å². The SMILES string of the molecule is CCOC(=O)Nc1ccc(OC(=O)C=Cc2cccc(F)c2)cc1. The molecule has 1 amide bonds. The van der Waals surface area contributed by atoms with Crippen LogP contribution in [-0.4, -0.2) is 18.7 Å². The molecule has 0 aromatic heterocycles. The van der Waals surface area contributed by atoms with Gasteiger partial charge in [-0.15, -0.1) is 0 Å². The van der Waals surface area contributed by atoms with E-state index in [9.17, 15) is 14.0 Å². The number of rotatable bonds is 5. The molecule has 124 valence electrons. The lowest BCUT2D eigenvalue weighted by Gasteiger charge is -2.06. The first-order chi connectivity index (χ1) is 11.6. The van der Waals surface area contributed by atoms with Crippen LogP contribution in [0.15, 0.2) is 54.6 Å². The molecule has 0 unspecified atom stereocenters. The summed E-state index contributed by atoms with van der Waals surface area (Å²) in [5.74, 6) is -0.654. The fraction of sp³-hybridized carbons (Fsp3) is 0.111. The molecule has 0 aliphatic heterocycles. The highest BCUT2D eigenvalue weighted by molar-refractivity contribution is 5.89. The maximum absolute atomic E-state index is 13.0. The van der Waals surface area contributed by atoms with Gasteiger partial charge in [0.2, 0.25) is 0 Å². The quantitative estimate of drug-likeness (QED) is 0.511. The van der Waals surface area contributed by atoms with E-state index in [0.29, 0.717) is 17.0 Å². The molecule has 0 aliphatic carbocycles. The highest BCUT2D eigenvalue weighted by Gasteiger charge is 2.04. The summed E-state index contributed by atoms with van der Waals surface area (Å²) in [4.78, 5) is 23.0. The van der Waals surface area contributed by atoms with Crippen LogP contribution in [0.3, 0.4) is 0 Å². The molecule has 0 fully saturated rings. The lowest BCUT2D eigenvalue weighted by atomic mass is 10.2. The normalized spacial score (nSPS) is 10.4. The van der Waals surface area contributed by atoms with Crippen LogP contribution in [0.4, 0.5) is 14.9 Å².